The highest BCUT2D eigenvalue weighted by molar-refractivity contribution is 7.19. The van der Waals surface area contributed by atoms with Gasteiger partial charge in [-0.05, 0) is 12.0 Å². The number of hydrogen-bond donors (Lipinski definition) is 1. The summed E-state index contributed by atoms with van der Waals surface area (Å²) < 4.78 is 0. The third-order valence-corrected chi connectivity index (χ3v) is 3.60. The number of aromatic nitrogens is 1. The van der Waals surface area contributed by atoms with Crippen molar-refractivity contribution >= 4 is 28.1 Å². The predicted molar refractivity (Wildman–Crippen MR) is 71.1 cm³/mol. The number of halogens is 1. The summed E-state index contributed by atoms with van der Waals surface area (Å²) in [6.07, 6.45) is 0. The average molecular weight is 253 g/mol. The number of nitrogen functional groups attached to an aromatic ring is 1. The van der Waals surface area contributed by atoms with E-state index in [0.29, 0.717) is 11.0 Å². The van der Waals surface area contributed by atoms with Gasteiger partial charge in [0.1, 0.15) is 0 Å². The van der Waals surface area contributed by atoms with Gasteiger partial charge in [0.15, 0.2) is 5.13 Å². The summed E-state index contributed by atoms with van der Waals surface area (Å²) in [6, 6.07) is 7.78. The molecule has 0 unspecified atom stereocenters. The predicted octanol–water partition coefficient (Wildman–Crippen LogP) is 4.17. The van der Waals surface area contributed by atoms with Crippen molar-refractivity contribution in [3.63, 3.8) is 0 Å². The summed E-state index contributed by atoms with van der Waals surface area (Å²) in [6.45, 7) is 4.21. The molecule has 4 heteroatoms. The van der Waals surface area contributed by atoms with Crippen molar-refractivity contribution in [1.29, 1.82) is 0 Å². The molecule has 2 rings (SSSR count). The molecule has 0 atom stereocenters. The molecule has 2 N–H and O–H groups in total. The van der Waals surface area contributed by atoms with E-state index in [2.05, 4.69) is 18.8 Å². The lowest BCUT2D eigenvalue weighted by Crippen LogP contribution is -1.91. The normalized spacial score (nSPS) is 11.0. The molecule has 84 valence electrons. The lowest BCUT2D eigenvalue weighted by Gasteiger charge is -2.06. The summed E-state index contributed by atoms with van der Waals surface area (Å²) in [5.74, 6) is 0.347. The number of nitrogens with zero attached hydrogens (tertiary/aromatic N) is 1. The molecular formula is C12H13ClN2S. The molecule has 0 bridgehead atoms. The van der Waals surface area contributed by atoms with Crippen LogP contribution in [0.25, 0.3) is 10.4 Å². The van der Waals surface area contributed by atoms with Crippen molar-refractivity contribution in [2.45, 2.75) is 19.8 Å². The van der Waals surface area contributed by atoms with Crippen LogP contribution in [0.1, 0.15) is 25.5 Å². The highest BCUT2D eigenvalue weighted by atomic mass is 35.5. The Morgan fingerprint density at radius 3 is 2.62 bits per heavy atom. The second kappa shape index (κ2) is 4.44. The molecule has 0 aliphatic heterocycles. The number of benzene rings is 1. The van der Waals surface area contributed by atoms with Crippen LogP contribution in [0.15, 0.2) is 24.3 Å². The van der Waals surface area contributed by atoms with Crippen LogP contribution in [0.2, 0.25) is 5.02 Å². The Morgan fingerprint density at radius 2 is 2.00 bits per heavy atom. The van der Waals surface area contributed by atoms with Gasteiger partial charge in [-0.3, -0.25) is 0 Å². The number of rotatable bonds is 2. The van der Waals surface area contributed by atoms with Crippen LogP contribution >= 0.6 is 22.9 Å². The Hall–Kier alpha value is -1.06. The standard InChI is InChI=1S/C12H13ClN2S/c1-7(2)10-11(16-12(14)15-10)8-5-3-4-6-9(8)13/h3-7H,1-2H3,(H2,14,15). The van der Waals surface area contributed by atoms with Crippen molar-refractivity contribution in [3.05, 3.63) is 35.0 Å². The summed E-state index contributed by atoms with van der Waals surface area (Å²) in [7, 11) is 0. The number of thiazole rings is 1. The van der Waals surface area contributed by atoms with E-state index >= 15 is 0 Å². The second-order valence-electron chi connectivity index (χ2n) is 3.90. The molecule has 16 heavy (non-hydrogen) atoms. The van der Waals surface area contributed by atoms with Crippen molar-refractivity contribution in [2.24, 2.45) is 0 Å². The molecule has 2 aromatic rings. The summed E-state index contributed by atoms with van der Waals surface area (Å²) in [4.78, 5) is 5.45. The molecule has 0 aliphatic rings. The van der Waals surface area contributed by atoms with E-state index < -0.39 is 0 Å². The van der Waals surface area contributed by atoms with Crippen LogP contribution in [0.3, 0.4) is 0 Å². The van der Waals surface area contributed by atoms with E-state index in [4.69, 9.17) is 17.3 Å². The smallest absolute Gasteiger partial charge is 0.180 e. The topological polar surface area (TPSA) is 38.9 Å². The van der Waals surface area contributed by atoms with Crippen molar-refractivity contribution in [1.82, 2.24) is 4.98 Å². The maximum atomic E-state index is 6.18. The largest absolute Gasteiger partial charge is 0.375 e. The van der Waals surface area contributed by atoms with Crippen LogP contribution in [-0.4, -0.2) is 4.98 Å². The zero-order chi connectivity index (χ0) is 11.7. The minimum Gasteiger partial charge on any atom is -0.375 e. The minimum atomic E-state index is 0.347. The van der Waals surface area contributed by atoms with Gasteiger partial charge >= 0.3 is 0 Å². The SMILES string of the molecule is CC(C)c1nc(N)sc1-c1ccccc1Cl. The molecule has 0 aliphatic carbocycles. The van der Waals surface area contributed by atoms with Crippen LogP contribution in [0, 0.1) is 0 Å². The Labute approximate surface area is 104 Å². The second-order valence-corrected chi connectivity index (χ2v) is 5.34. The van der Waals surface area contributed by atoms with Gasteiger partial charge in [0.25, 0.3) is 0 Å². The number of nitrogens with two attached hydrogens (primary N) is 1. The molecule has 0 spiro atoms. The Bertz CT molecular complexity index is 505. The van der Waals surface area contributed by atoms with Crippen LogP contribution in [0.4, 0.5) is 5.13 Å². The van der Waals surface area contributed by atoms with E-state index in [1.807, 2.05) is 24.3 Å². The first kappa shape index (κ1) is 11.4. The first-order chi connectivity index (χ1) is 7.59. The number of anilines is 1. The van der Waals surface area contributed by atoms with Gasteiger partial charge in [-0.2, -0.15) is 0 Å². The summed E-state index contributed by atoms with van der Waals surface area (Å²) in [5, 5.41) is 1.34. The van der Waals surface area contributed by atoms with Crippen molar-refractivity contribution in [3.8, 4) is 10.4 Å². The first-order valence-electron chi connectivity index (χ1n) is 5.10. The highest BCUT2D eigenvalue weighted by Crippen LogP contribution is 2.38. The maximum Gasteiger partial charge on any atom is 0.180 e. The van der Waals surface area contributed by atoms with Gasteiger partial charge in [0.05, 0.1) is 10.6 Å². The fourth-order valence-electron chi connectivity index (χ4n) is 1.58. The maximum absolute atomic E-state index is 6.18. The van der Waals surface area contributed by atoms with Gasteiger partial charge in [-0.1, -0.05) is 55.0 Å². The molecular weight excluding hydrogens is 240 g/mol. The van der Waals surface area contributed by atoms with E-state index in [9.17, 15) is 0 Å². The van der Waals surface area contributed by atoms with Gasteiger partial charge < -0.3 is 5.73 Å². The van der Waals surface area contributed by atoms with Gasteiger partial charge in [0.2, 0.25) is 0 Å². The molecule has 2 nitrogen and oxygen atoms in total. The molecule has 0 saturated carbocycles. The Balaban J connectivity index is 2.60. The Kier molecular flexibility index (Phi) is 3.17. The van der Waals surface area contributed by atoms with E-state index in [-0.39, 0.29) is 0 Å². The molecule has 0 saturated heterocycles. The van der Waals surface area contributed by atoms with E-state index in [0.717, 1.165) is 21.2 Å². The fraction of sp³-hybridized carbons (Fsp3) is 0.250. The lowest BCUT2D eigenvalue weighted by atomic mass is 10.1. The third kappa shape index (κ3) is 2.06. The van der Waals surface area contributed by atoms with Gasteiger partial charge in [-0.25, -0.2) is 4.98 Å². The van der Waals surface area contributed by atoms with E-state index in [1.165, 1.54) is 11.3 Å². The third-order valence-electron chi connectivity index (χ3n) is 2.34. The fourth-order valence-corrected chi connectivity index (χ4v) is 2.89. The molecule has 1 aromatic heterocycles. The zero-order valence-electron chi connectivity index (χ0n) is 9.20. The quantitative estimate of drug-likeness (QED) is 0.871. The summed E-state index contributed by atoms with van der Waals surface area (Å²) in [5.41, 5.74) is 7.81. The van der Waals surface area contributed by atoms with Gasteiger partial charge in [0, 0.05) is 10.6 Å². The Morgan fingerprint density at radius 1 is 1.31 bits per heavy atom. The molecule has 0 amide bonds. The molecule has 0 radical (unpaired) electrons. The lowest BCUT2D eigenvalue weighted by molar-refractivity contribution is 0.836. The van der Waals surface area contributed by atoms with E-state index in [1.54, 1.807) is 0 Å². The zero-order valence-corrected chi connectivity index (χ0v) is 10.8. The van der Waals surface area contributed by atoms with Gasteiger partial charge in [-0.15, -0.1) is 0 Å². The van der Waals surface area contributed by atoms with Crippen LogP contribution in [-0.2, 0) is 0 Å². The molecule has 1 heterocycles. The van der Waals surface area contributed by atoms with Crippen molar-refractivity contribution in [2.75, 3.05) is 5.73 Å². The number of hydrogen-bond acceptors (Lipinski definition) is 3. The minimum absolute atomic E-state index is 0.347. The molecule has 1 aromatic carbocycles. The average Bonchev–Trinajstić information content (AvgIpc) is 2.61. The molecule has 0 fully saturated rings. The summed E-state index contributed by atoms with van der Waals surface area (Å²) >= 11 is 7.67. The van der Waals surface area contributed by atoms with Crippen LogP contribution in [0.5, 0.6) is 0 Å². The first-order valence-corrected chi connectivity index (χ1v) is 6.30. The van der Waals surface area contributed by atoms with Crippen molar-refractivity contribution < 1.29 is 0 Å². The highest BCUT2D eigenvalue weighted by Gasteiger charge is 2.16. The monoisotopic (exact) mass is 252 g/mol. The van der Waals surface area contributed by atoms with Crippen LogP contribution < -0.4 is 5.73 Å².